The highest BCUT2D eigenvalue weighted by molar-refractivity contribution is 8.18. The van der Waals surface area contributed by atoms with E-state index in [1.54, 1.807) is 18.3 Å². The minimum absolute atomic E-state index is 0.343. The second-order valence-electron chi connectivity index (χ2n) is 9.74. The molecule has 0 bridgehead atoms. The van der Waals surface area contributed by atoms with Gasteiger partial charge in [0, 0.05) is 50.4 Å². The molecule has 2 aliphatic rings. The Morgan fingerprint density at radius 2 is 1.83 bits per heavy atom. The van der Waals surface area contributed by atoms with Gasteiger partial charge in [-0.2, -0.15) is 0 Å². The van der Waals surface area contributed by atoms with Gasteiger partial charge < -0.3 is 10.2 Å². The lowest BCUT2D eigenvalue weighted by Gasteiger charge is -2.29. The van der Waals surface area contributed by atoms with Gasteiger partial charge >= 0.3 is 0 Å². The SMILES string of the molecule is CN(C)c1ccc(CNC2CCC(Cc3nccc(/C=C4\SC(=O)NC4=O)n3)CC2)c2ccccc12. The maximum absolute atomic E-state index is 11.8. The van der Waals surface area contributed by atoms with Crippen LogP contribution in [0.5, 0.6) is 0 Å². The Kier molecular flexibility index (Phi) is 7.34. The number of imide groups is 1. The number of benzene rings is 2. The summed E-state index contributed by atoms with van der Waals surface area (Å²) < 4.78 is 0. The molecule has 0 unspecified atom stereocenters. The Balaban J connectivity index is 1.15. The number of thioether (sulfide) groups is 1. The molecule has 8 heteroatoms. The average molecular weight is 502 g/mol. The second-order valence-corrected chi connectivity index (χ2v) is 10.8. The molecule has 2 amide bonds. The van der Waals surface area contributed by atoms with Gasteiger partial charge in [0.2, 0.25) is 0 Å². The van der Waals surface area contributed by atoms with Crippen LogP contribution in [0.15, 0.2) is 53.6 Å². The number of anilines is 1. The molecular formula is C28H31N5O2S. The first-order chi connectivity index (χ1) is 17.5. The number of nitrogens with zero attached hydrogens (tertiary/aromatic N) is 3. The third kappa shape index (κ3) is 5.60. The highest BCUT2D eigenvalue weighted by atomic mass is 32.2. The zero-order chi connectivity index (χ0) is 25.1. The lowest BCUT2D eigenvalue weighted by molar-refractivity contribution is -0.115. The maximum atomic E-state index is 11.8. The maximum Gasteiger partial charge on any atom is 0.290 e. The highest BCUT2D eigenvalue weighted by Crippen LogP contribution is 2.30. The third-order valence-corrected chi connectivity index (χ3v) is 7.83. The van der Waals surface area contributed by atoms with E-state index in [9.17, 15) is 9.59 Å². The van der Waals surface area contributed by atoms with Crippen LogP contribution in [0.25, 0.3) is 16.8 Å². The summed E-state index contributed by atoms with van der Waals surface area (Å²) in [6.07, 6.45) is 8.78. The molecule has 1 saturated carbocycles. The molecule has 1 saturated heterocycles. The van der Waals surface area contributed by atoms with Gasteiger partial charge in [-0.25, -0.2) is 9.97 Å². The second kappa shape index (κ2) is 10.8. The third-order valence-electron chi connectivity index (χ3n) is 7.02. The number of aromatic nitrogens is 2. The Bertz CT molecular complexity index is 1310. The summed E-state index contributed by atoms with van der Waals surface area (Å²) in [5.41, 5.74) is 3.25. The van der Waals surface area contributed by atoms with Crippen LogP contribution in [0, 0.1) is 5.92 Å². The summed E-state index contributed by atoms with van der Waals surface area (Å²) >= 11 is 0.908. The molecule has 2 fully saturated rings. The number of carbonyl (C=O) groups excluding carboxylic acids is 2. The average Bonchev–Trinajstić information content (AvgIpc) is 3.19. The number of hydrogen-bond donors (Lipinski definition) is 2. The summed E-state index contributed by atoms with van der Waals surface area (Å²) in [6.45, 7) is 0.872. The molecule has 186 valence electrons. The van der Waals surface area contributed by atoms with E-state index in [4.69, 9.17) is 0 Å². The molecule has 3 aromatic rings. The van der Waals surface area contributed by atoms with Crippen molar-refractivity contribution in [3.8, 4) is 0 Å². The minimum Gasteiger partial charge on any atom is -0.377 e. The molecular weight excluding hydrogens is 470 g/mol. The van der Waals surface area contributed by atoms with Crippen molar-refractivity contribution in [2.24, 2.45) is 5.92 Å². The predicted octanol–water partition coefficient (Wildman–Crippen LogP) is 4.91. The van der Waals surface area contributed by atoms with Gasteiger partial charge in [0.1, 0.15) is 5.82 Å². The van der Waals surface area contributed by atoms with E-state index >= 15 is 0 Å². The van der Waals surface area contributed by atoms with E-state index < -0.39 is 0 Å². The van der Waals surface area contributed by atoms with E-state index in [1.807, 2.05) is 0 Å². The van der Waals surface area contributed by atoms with Crippen LogP contribution in [-0.4, -0.2) is 41.3 Å². The fraction of sp³-hybridized carbons (Fsp3) is 0.357. The fourth-order valence-electron chi connectivity index (χ4n) is 5.12. The van der Waals surface area contributed by atoms with Gasteiger partial charge in [0.15, 0.2) is 0 Å². The monoisotopic (exact) mass is 501 g/mol. The lowest BCUT2D eigenvalue weighted by Crippen LogP contribution is -2.33. The Morgan fingerprint density at radius 1 is 1.06 bits per heavy atom. The van der Waals surface area contributed by atoms with Crippen LogP contribution < -0.4 is 15.5 Å². The van der Waals surface area contributed by atoms with Crippen molar-refractivity contribution in [3.63, 3.8) is 0 Å². The topological polar surface area (TPSA) is 87.2 Å². The van der Waals surface area contributed by atoms with Crippen LogP contribution in [-0.2, 0) is 17.8 Å². The Labute approximate surface area is 215 Å². The number of carbonyl (C=O) groups is 2. The van der Waals surface area contributed by atoms with Crippen molar-refractivity contribution in [3.05, 3.63) is 70.6 Å². The fourth-order valence-corrected chi connectivity index (χ4v) is 5.79. The van der Waals surface area contributed by atoms with Gasteiger partial charge in [-0.1, -0.05) is 30.3 Å². The van der Waals surface area contributed by atoms with Crippen LogP contribution in [0.3, 0.4) is 0 Å². The number of amides is 2. The molecule has 0 atom stereocenters. The zero-order valence-corrected chi connectivity index (χ0v) is 21.5. The summed E-state index contributed by atoms with van der Waals surface area (Å²) in [5.74, 6) is 0.984. The van der Waals surface area contributed by atoms with Gasteiger partial charge in [0.05, 0.1) is 10.6 Å². The Hall–Kier alpha value is -3.23. The van der Waals surface area contributed by atoms with Gasteiger partial charge in [-0.05, 0) is 72.5 Å². The molecule has 0 spiro atoms. The van der Waals surface area contributed by atoms with Crippen molar-refractivity contribution in [1.82, 2.24) is 20.6 Å². The molecule has 0 radical (unpaired) electrons. The summed E-state index contributed by atoms with van der Waals surface area (Å²) in [6, 6.07) is 15.4. The predicted molar refractivity (Wildman–Crippen MR) is 146 cm³/mol. The summed E-state index contributed by atoms with van der Waals surface area (Å²) in [7, 11) is 4.18. The minimum atomic E-state index is -0.363. The molecule has 5 rings (SSSR count). The van der Waals surface area contributed by atoms with Crippen LogP contribution >= 0.6 is 11.8 Å². The van der Waals surface area contributed by atoms with E-state index in [1.165, 1.54) is 22.0 Å². The van der Waals surface area contributed by atoms with Gasteiger partial charge in [0.25, 0.3) is 11.1 Å². The zero-order valence-electron chi connectivity index (χ0n) is 20.7. The molecule has 36 heavy (non-hydrogen) atoms. The molecule has 1 aromatic heterocycles. The number of nitrogens with one attached hydrogen (secondary N) is 2. The van der Waals surface area contributed by atoms with E-state index in [0.717, 1.165) is 56.2 Å². The number of rotatable bonds is 7. The van der Waals surface area contributed by atoms with E-state index in [2.05, 4.69) is 76.0 Å². The van der Waals surface area contributed by atoms with Crippen LogP contribution in [0.4, 0.5) is 10.5 Å². The first-order valence-corrected chi connectivity index (χ1v) is 13.3. The standard InChI is InChI=1S/C28H31N5O2S/c1-33(2)24-12-9-19(22-5-3-4-6-23(22)24)17-30-20-10-7-18(8-11-20)15-26-29-14-13-21(31-26)16-25-27(34)32-28(35)36-25/h3-6,9,12-14,16,18,20,30H,7-8,10-11,15,17H2,1-2H3,(H,32,34,35)/b25-16-. The van der Waals surface area contributed by atoms with Crippen molar-refractivity contribution in [2.45, 2.75) is 44.7 Å². The number of hydrogen-bond acceptors (Lipinski definition) is 7. The van der Waals surface area contributed by atoms with Crippen LogP contribution in [0.1, 0.15) is 42.8 Å². The van der Waals surface area contributed by atoms with E-state index in [0.29, 0.717) is 22.6 Å². The largest absolute Gasteiger partial charge is 0.377 e. The lowest BCUT2D eigenvalue weighted by atomic mass is 9.84. The van der Waals surface area contributed by atoms with Crippen LogP contribution in [0.2, 0.25) is 0 Å². The van der Waals surface area contributed by atoms with Crippen molar-refractivity contribution in [1.29, 1.82) is 0 Å². The first kappa shape index (κ1) is 24.5. The van der Waals surface area contributed by atoms with Crippen molar-refractivity contribution in [2.75, 3.05) is 19.0 Å². The summed E-state index contributed by atoms with van der Waals surface area (Å²) in [4.78, 5) is 34.8. The quantitative estimate of drug-likeness (QED) is 0.445. The normalized spacial score (nSPS) is 21.2. The smallest absolute Gasteiger partial charge is 0.290 e. The van der Waals surface area contributed by atoms with Crippen molar-refractivity contribution < 1.29 is 9.59 Å². The molecule has 2 heterocycles. The first-order valence-electron chi connectivity index (χ1n) is 12.4. The molecule has 1 aliphatic carbocycles. The van der Waals surface area contributed by atoms with Crippen molar-refractivity contribution >= 4 is 45.4 Å². The Morgan fingerprint density at radius 3 is 2.56 bits per heavy atom. The molecule has 2 N–H and O–H groups in total. The van der Waals surface area contributed by atoms with Gasteiger partial charge in [-0.3, -0.25) is 14.9 Å². The van der Waals surface area contributed by atoms with Gasteiger partial charge in [-0.15, -0.1) is 0 Å². The molecule has 1 aliphatic heterocycles. The summed E-state index contributed by atoms with van der Waals surface area (Å²) in [5, 5.41) is 8.34. The number of fused-ring (bicyclic) bond motifs is 1. The molecule has 2 aromatic carbocycles. The molecule has 7 nitrogen and oxygen atoms in total. The van der Waals surface area contributed by atoms with E-state index in [-0.39, 0.29) is 11.1 Å². The highest BCUT2D eigenvalue weighted by Gasteiger charge is 2.25.